The maximum atomic E-state index is 5.54. The third kappa shape index (κ3) is 2.96. The summed E-state index contributed by atoms with van der Waals surface area (Å²) in [6.07, 6.45) is 3.65. The van der Waals surface area contributed by atoms with E-state index in [1.54, 1.807) is 24.0 Å². The van der Waals surface area contributed by atoms with Crippen LogP contribution in [0.5, 0.6) is 0 Å². The second-order valence-electron chi connectivity index (χ2n) is 3.46. The summed E-state index contributed by atoms with van der Waals surface area (Å²) in [4.78, 5) is 9.78. The van der Waals surface area contributed by atoms with Crippen molar-refractivity contribution in [1.82, 2.24) is 9.97 Å². The van der Waals surface area contributed by atoms with E-state index in [9.17, 15) is 0 Å². The quantitative estimate of drug-likeness (QED) is 0.661. The van der Waals surface area contributed by atoms with Gasteiger partial charge in [-0.3, -0.25) is 0 Å². The Hall–Kier alpha value is -1.66. The molecule has 0 spiro atoms. The molecule has 0 unspecified atom stereocenters. The Bertz CT molecular complexity index is 572. The molecule has 1 heterocycles. The summed E-state index contributed by atoms with van der Waals surface area (Å²) in [5.74, 6) is 0.488. The first-order valence-electron chi connectivity index (χ1n) is 5.23. The molecule has 1 aromatic carbocycles. The van der Waals surface area contributed by atoms with Gasteiger partial charge in [-0.05, 0) is 24.5 Å². The van der Waals surface area contributed by atoms with Crippen molar-refractivity contribution in [3.8, 4) is 0 Å². The van der Waals surface area contributed by atoms with Crippen molar-refractivity contribution in [3.05, 3.63) is 42.2 Å². The van der Waals surface area contributed by atoms with Crippen LogP contribution in [-0.2, 0) is 0 Å². The van der Waals surface area contributed by atoms with Crippen LogP contribution in [0.25, 0.3) is 0 Å². The first-order valence-corrected chi connectivity index (χ1v) is 6.87. The third-order valence-corrected chi connectivity index (χ3v) is 3.27. The number of anilines is 2. The fourth-order valence-electron chi connectivity index (χ4n) is 1.42. The molecule has 0 atom stereocenters. The average molecular weight is 276 g/mol. The second-order valence-corrected chi connectivity index (χ2v) is 4.74. The molecular formula is C12H12N4S2. The van der Waals surface area contributed by atoms with Crippen molar-refractivity contribution in [2.75, 3.05) is 11.6 Å². The van der Waals surface area contributed by atoms with Crippen LogP contribution in [0.4, 0.5) is 11.6 Å². The molecule has 0 aliphatic carbocycles. The Labute approximate surface area is 115 Å². The number of benzene rings is 1. The third-order valence-electron chi connectivity index (χ3n) is 2.26. The van der Waals surface area contributed by atoms with E-state index < -0.39 is 0 Å². The van der Waals surface area contributed by atoms with Gasteiger partial charge in [0.15, 0.2) is 0 Å². The number of nitrogens with one attached hydrogen (secondary N) is 1. The van der Waals surface area contributed by atoms with E-state index in [0.717, 1.165) is 10.6 Å². The number of para-hydroxylation sites is 1. The predicted octanol–water partition coefficient (Wildman–Crippen LogP) is 2.58. The lowest BCUT2D eigenvalue weighted by atomic mass is 10.3. The standard InChI is InChI=1S/C12H12N4S2/c1-18-10-5-3-2-4-8(10)15-12-14-7-6-9(16-12)11(13)17/h2-7H,1H3,(H2,13,17)(H,14,15,16). The molecule has 0 saturated carbocycles. The van der Waals surface area contributed by atoms with Crippen LogP contribution < -0.4 is 11.1 Å². The minimum atomic E-state index is 0.263. The second kappa shape index (κ2) is 5.79. The zero-order valence-electron chi connectivity index (χ0n) is 9.75. The summed E-state index contributed by atoms with van der Waals surface area (Å²) >= 11 is 6.55. The van der Waals surface area contributed by atoms with Gasteiger partial charge in [-0.25, -0.2) is 9.97 Å². The van der Waals surface area contributed by atoms with Gasteiger partial charge < -0.3 is 11.1 Å². The van der Waals surface area contributed by atoms with Gasteiger partial charge in [0.1, 0.15) is 10.7 Å². The van der Waals surface area contributed by atoms with Crippen molar-refractivity contribution in [2.45, 2.75) is 4.90 Å². The SMILES string of the molecule is CSc1ccccc1Nc1nccc(C(N)=S)n1. The lowest BCUT2D eigenvalue weighted by Crippen LogP contribution is -2.12. The molecule has 0 aliphatic rings. The van der Waals surface area contributed by atoms with E-state index in [2.05, 4.69) is 15.3 Å². The predicted molar refractivity (Wildman–Crippen MR) is 79.4 cm³/mol. The Kier molecular flexibility index (Phi) is 4.11. The molecule has 1 aromatic heterocycles. The largest absolute Gasteiger partial charge is 0.388 e. The van der Waals surface area contributed by atoms with E-state index >= 15 is 0 Å². The van der Waals surface area contributed by atoms with E-state index in [0.29, 0.717) is 11.6 Å². The van der Waals surface area contributed by atoms with Crippen LogP contribution in [0, 0.1) is 0 Å². The highest BCUT2D eigenvalue weighted by molar-refractivity contribution is 7.98. The number of rotatable bonds is 4. The molecule has 2 aromatic rings. The van der Waals surface area contributed by atoms with Gasteiger partial charge in [-0.2, -0.15) is 0 Å². The van der Waals surface area contributed by atoms with Crippen LogP contribution >= 0.6 is 24.0 Å². The smallest absolute Gasteiger partial charge is 0.227 e. The number of thioether (sulfide) groups is 1. The zero-order chi connectivity index (χ0) is 13.0. The number of nitrogens with two attached hydrogens (primary N) is 1. The number of hydrogen-bond donors (Lipinski definition) is 2. The summed E-state index contributed by atoms with van der Waals surface area (Å²) in [6.45, 7) is 0. The summed E-state index contributed by atoms with van der Waals surface area (Å²) in [6, 6.07) is 9.64. The first-order chi connectivity index (χ1) is 8.70. The van der Waals surface area contributed by atoms with Gasteiger partial charge in [-0.1, -0.05) is 24.4 Å². The molecule has 3 N–H and O–H groups in total. The molecule has 4 nitrogen and oxygen atoms in total. The molecule has 0 saturated heterocycles. The lowest BCUT2D eigenvalue weighted by molar-refractivity contribution is 1.14. The highest BCUT2D eigenvalue weighted by Crippen LogP contribution is 2.26. The topological polar surface area (TPSA) is 63.8 Å². The Morgan fingerprint density at radius 1 is 1.33 bits per heavy atom. The molecule has 0 amide bonds. The van der Waals surface area contributed by atoms with Gasteiger partial charge in [-0.15, -0.1) is 11.8 Å². The van der Waals surface area contributed by atoms with Crippen LogP contribution in [0.3, 0.4) is 0 Å². The van der Waals surface area contributed by atoms with Crippen molar-refractivity contribution in [3.63, 3.8) is 0 Å². The number of thiocarbonyl (C=S) groups is 1. The monoisotopic (exact) mass is 276 g/mol. The Morgan fingerprint density at radius 2 is 2.11 bits per heavy atom. The summed E-state index contributed by atoms with van der Waals surface area (Å²) in [5, 5.41) is 3.16. The fourth-order valence-corrected chi connectivity index (χ4v) is 2.09. The molecule has 0 radical (unpaired) electrons. The van der Waals surface area contributed by atoms with E-state index in [1.807, 2.05) is 30.5 Å². The molecule has 18 heavy (non-hydrogen) atoms. The van der Waals surface area contributed by atoms with Gasteiger partial charge in [0.2, 0.25) is 5.95 Å². The van der Waals surface area contributed by atoms with Crippen LogP contribution in [-0.4, -0.2) is 21.2 Å². The van der Waals surface area contributed by atoms with Crippen molar-refractivity contribution >= 4 is 40.6 Å². The summed E-state index contributed by atoms with van der Waals surface area (Å²) in [7, 11) is 0. The van der Waals surface area contributed by atoms with Crippen molar-refractivity contribution < 1.29 is 0 Å². The summed E-state index contributed by atoms with van der Waals surface area (Å²) < 4.78 is 0. The zero-order valence-corrected chi connectivity index (χ0v) is 11.4. The van der Waals surface area contributed by atoms with Gasteiger partial charge in [0, 0.05) is 11.1 Å². The van der Waals surface area contributed by atoms with Crippen molar-refractivity contribution in [2.24, 2.45) is 5.73 Å². The fraction of sp³-hybridized carbons (Fsp3) is 0.0833. The maximum absolute atomic E-state index is 5.54. The van der Waals surface area contributed by atoms with E-state index in [4.69, 9.17) is 18.0 Å². The van der Waals surface area contributed by atoms with Gasteiger partial charge in [0.05, 0.1) is 5.69 Å². The molecule has 0 fully saturated rings. The average Bonchev–Trinajstić information content (AvgIpc) is 2.39. The molecule has 92 valence electrons. The molecule has 0 aliphatic heterocycles. The molecule has 0 bridgehead atoms. The Balaban J connectivity index is 2.28. The van der Waals surface area contributed by atoms with Gasteiger partial charge >= 0.3 is 0 Å². The van der Waals surface area contributed by atoms with Crippen LogP contribution in [0.15, 0.2) is 41.4 Å². The summed E-state index contributed by atoms with van der Waals surface area (Å²) in [5.41, 5.74) is 7.06. The number of hydrogen-bond acceptors (Lipinski definition) is 5. The van der Waals surface area contributed by atoms with E-state index in [-0.39, 0.29) is 4.99 Å². The highest BCUT2D eigenvalue weighted by Gasteiger charge is 2.04. The maximum Gasteiger partial charge on any atom is 0.227 e. The molecule has 2 rings (SSSR count). The number of nitrogens with zero attached hydrogens (tertiary/aromatic N) is 2. The normalized spacial score (nSPS) is 10.1. The number of aromatic nitrogens is 2. The van der Waals surface area contributed by atoms with Gasteiger partial charge in [0.25, 0.3) is 0 Å². The molecular weight excluding hydrogens is 264 g/mol. The van der Waals surface area contributed by atoms with Crippen LogP contribution in [0.2, 0.25) is 0 Å². The van der Waals surface area contributed by atoms with Crippen molar-refractivity contribution in [1.29, 1.82) is 0 Å². The van der Waals surface area contributed by atoms with E-state index in [1.165, 1.54) is 0 Å². The van der Waals surface area contributed by atoms with Crippen LogP contribution in [0.1, 0.15) is 5.69 Å². The Morgan fingerprint density at radius 3 is 2.83 bits per heavy atom. The minimum Gasteiger partial charge on any atom is -0.388 e. The first kappa shape index (κ1) is 12.8. The lowest BCUT2D eigenvalue weighted by Gasteiger charge is -2.09. The minimum absolute atomic E-state index is 0.263. The molecule has 6 heteroatoms. The highest BCUT2D eigenvalue weighted by atomic mass is 32.2.